The van der Waals surface area contributed by atoms with Crippen LogP contribution in [0.15, 0.2) is 66.2 Å². The van der Waals surface area contributed by atoms with Crippen molar-refractivity contribution >= 4 is 6.08 Å². The number of hydrogen-bond acceptors (Lipinski definition) is 3. The number of aliphatic hydroxyl groups excluding tert-OH is 1. The monoisotopic (exact) mass is 312 g/mol. The molecule has 0 fully saturated rings. The van der Waals surface area contributed by atoms with Crippen molar-refractivity contribution in [2.45, 2.75) is 25.6 Å². The van der Waals surface area contributed by atoms with Gasteiger partial charge in [0.2, 0.25) is 0 Å². The van der Waals surface area contributed by atoms with Crippen molar-refractivity contribution in [3.63, 3.8) is 0 Å². The van der Waals surface area contributed by atoms with Crippen LogP contribution in [0.4, 0.5) is 0 Å². The van der Waals surface area contributed by atoms with Crippen LogP contribution in [0.1, 0.15) is 30.6 Å². The van der Waals surface area contributed by atoms with Crippen LogP contribution < -0.4 is 0 Å². The Morgan fingerprint density at radius 1 is 1.04 bits per heavy atom. The van der Waals surface area contributed by atoms with Crippen LogP contribution in [0.3, 0.4) is 0 Å². The highest BCUT2D eigenvalue weighted by Crippen LogP contribution is 2.28. The summed E-state index contributed by atoms with van der Waals surface area (Å²) in [5.41, 5.74) is 2.94. The zero-order chi connectivity index (χ0) is 16.5. The molecule has 0 aromatic heterocycles. The van der Waals surface area contributed by atoms with E-state index in [9.17, 15) is 5.11 Å². The average Bonchev–Trinajstić information content (AvgIpc) is 2.61. The summed E-state index contributed by atoms with van der Waals surface area (Å²) in [4.78, 5) is 0. The van der Waals surface area contributed by atoms with Crippen molar-refractivity contribution < 1.29 is 14.6 Å². The first-order valence-electron chi connectivity index (χ1n) is 7.85. The van der Waals surface area contributed by atoms with E-state index in [4.69, 9.17) is 9.47 Å². The number of hydrogen-bond donors (Lipinski definition) is 1. The van der Waals surface area contributed by atoms with Gasteiger partial charge in [-0.2, -0.15) is 0 Å². The van der Waals surface area contributed by atoms with Crippen LogP contribution in [0, 0.1) is 0 Å². The van der Waals surface area contributed by atoms with Crippen LogP contribution in [0.25, 0.3) is 6.08 Å². The van der Waals surface area contributed by atoms with E-state index in [0.717, 1.165) is 23.1 Å². The Morgan fingerprint density at radius 2 is 1.65 bits per heavy atom. The van der Waals surface area contributed by atoms with Gasteiger partial charge in [-0.25, -0.2) is 0 Å². The molecule has 2 aromatic carbocycles. The minimum atomic E-state index is -0.724. The molecule has 2 aromatic rings. The van der Waals surface area contributed by atoms with Gasteiger partial charge in [-0.1, -0.05) is 73.7 Å². The molecule has 3 heteroatoms. The molecule has 0 aliphatic heterocycles. The van der Waals surface area contributed by atoms with Crippen LogP contribution in [0.2, 0.25) is 0 Å². The Hall–Kier alpha value is -1.94. The van der Waals surface area contributed by atoms with Gasteiger partial charge in [-0.15, -0.1) is 0 Å². The number of ether oxygens (including phenoxy) is 2. The minimum absolute atomic E-state index is 0.138. The fourth-order valence-electron chi connectivity index (χ4n) is 2.51. The fraction of sp³-hybridized carbons (Fsp3) is 0.300. The largest absolute Gasteiger partial charge is 0.386 e. The molecule has 0 aliphatic rings. The molecule has 0 aliphatic carbocycles. The van der Waals surface area contributed by atoms with Crippen LogP contribution in [-0.2, 0) is 9.47 Å². The Bertz CT molecular complexity index is 593. The van der Waals surface area contributed by atoms with Gasteiger partial charge in [0, 0.05) is 7.11 Å². The van der Waals surface area contributed by atoms with E-state index in [-0.39, 0.29) is 6.79 Å². The standard InChI is InChI=1S/C20H24O3/c1-3-17(14-16-10-6-4-7-11-16)19(21)20(23-15-22-2)18-12-8-5-9-13-18/h4-14,19-21H,3,15H2,1-2H3/b17-14+/t19-,20+/m0/s1. The van der Waals surface area contributed by atoms with Gasteiger partial charge in [0.15, 0.2) is 0 Å². The van der Waals surface area contributed by atoms with Gasteiger partial charge >= 0.3 is 0 Å². The van der Waals surface area contributed by atoms with Gasteiger partial charge in [-0.05, 0) is 23.1 Å². The highest BCUT2D eigenvalue weighted by molar-refractivity contribution is 5.54. The van der Waals surface area contributed by atoms with Crippen molar-refractivity contribution in [2.24, 2.45) is 0 Å². The molecular formula is C20H24O3. The lowest BCUT2D eigenvalue weighted by atomic mass is 9.95. The first kappa shape index (κ1) is 17.4. The van der Waals surface area contributed by atoms with E-state index in [0.29, 0.717) is 0 Å². The van der Waals surface area contributed by atoms with Crippen molar-refractivity contribution in [3.8, 4) is 0 Å². The summed E-state index contributed by atoms with van der Waals surface area (Å²) in [7, 11) is 1.58. The fourth-order valence-corrected chi connectivity index (χ4v) is 2.51. The van der Waals surface area contributed by atoms with Crippen molar-refractivity contribution in [2.75, 3.05) is 13.9 Å². The summed E-state index contributed by atoms with van der Waals surface area (Å²) < 4.78 is 10.8. The number of aliphatic hydroxyl groups is 1. The predicted molar refractivity (Wildman–Crippen MR) is 92.9 cm³/mol. The lowest BCUT2D eigenvalue weighted by molar-refractivity contribution is -0.107. The summed E-state index contributed by atoms with van der Waals surface area (Å²) in [6.45, 7) is 2.18. The van der Waals surface area contributed by atoms with Crippen molar-refractivity contribution in [1.29, 1.82) is 0 Å². The second-order valence-corrected chi connectivity index (χ2v) is 5.33. The maximum atomic E-state index is 10.9. The minimum Gasteiger partial charge on any atom is -0.386 e. The molecule has 1 N–H and O–H groups in total. The number of benzene rings is 2. The van der Waals surface area contributed by atoms with Gasteiger partial charge in [0.1, 0.15) is 19.0 Å². The molecule has 122 valence electrons. The Morgan fingerprint density at radius 3 is 2.22 bits per heavy atom. The van der Waals surface area contributed by atoms with Crippen LogP contribution in [-0.4, -0.2) is 25.1 Å². The third-order valence-electron chi connectivity index (χ3n) is 3.72. The SMILES string of the molecule is CC/C(=C\c1ccccc1)[C@H](O)[C@H](OCOC)c1ccccc1. The molecule has 2 atom stereocenters. The molecule has 0 saturated heterocycles. The summed E-state index contributed by atoms with van der Waals surface area (Å²) in [6.07, 6.45) is 1.59. The molecule has 0 saturated carbocycles. The quantitative estimate of drug-likeness (QED) is 0.742. The van der Waals surface area contributed by atoms with E-state index in [1.54, 1.807) is 7.11 Å². The second-order valence-electron chi connectivity index (χ2n) is 5.33. The topological polar surface area (TPSA) is 38.7 Å². The van der Waals surface area contributed by atoms with E-state index < -0.39 is 12.2 Å². The molecule has 0 spiro atoms. The predicted octanol–water partition coefficient (Wildman–Crippen LogP) is 4.20. The van der Waals surface area contributed by atoms with E-state index in [1.807, 2.05) is 73.7 Å². The lowest BCUT2D eigenvalue weighted by Gasteiger charge is -2.25. The summed E-state index contributed by atoms with van der Waals surface area (Å²) in [5.74, 6) is 0. The smallest absolute Gasteiger partial charge is 0.147 e. The first-order chi connectivity index (χ1) is 11.3. The Balaban J connectivity index is 2.27. The summed E-state index contributed by atoms with van der Waals surface area (Å²) in [6, 6.07) is 19.8. The van der Waals surface area contributed by atoms with Crippen molar-refractivity contribution in [3.05, 3.63) is 77.4 Å². The molecule has 23 heavy (non-hydrogen) atoms. The normalized spacial score (nSPS) is 14.5. The molecule has 3 nitrogen and oxygen atoms in total. The molecule has 0 amide bonds. The molecule has 0 heterocycles. The number of methoxy groups -OCH3 is 1. The Kier molecular flexibility index (Phi) is 7.01. The van der Waals surface area contributed by atoms with E-state index in [2.05, 4.69) is 0 Å². The van der Waals surface area contributed by atoms with Gasteiger partial charge < -0.3 is 14.6 Å². The maximum absolute atomic E-state index is 10.9. The van der Waals surface area contributed by atoms with Crippen LogP contribution >= 0.6 is 0 Å². The lowest BCUT2D eigenvalue weighted by Crippen LogP contribution is -2.24. The average molecular weight is 312 g/mol. The first-order valence-corrected chi connectivity index (χ1v) is 7.85. The van der Waals surface area contributed by atoms with Crippen molar-refractivity contribution in [1.82, 2.24) is 0 Å². The molecule has 2 rings (SSSR count). The van der Waals surface area contributed by atoms with Gasteiger partial charge in [-0.3, -0.25) is 0 Å². The van der Waals surface area contributed by atoms with E-state index >= 15 is 0 Å². The van der Waals surface area contributed by atoms with Gasteiger partial charge in [0.25, 0.3) is 0 Å². The zero-order valence-corrected chi connectivity index (χ0v) is 13.7. The maximum Gasteiger partial charge on any atom is 0.147 e. The highest BCUT2D eigenvalue weighted by Gasteiger charge is 2.24. The third-order valence-corrected chi connectivity index (χ3v) is 3.72. The highest BCUT2D eigenvalue weighted by atomic mass is 16.7. The zero-order valence-electron chi connectivity index (χ0n) is 13.7. The summed E-state index contributed by atoms with van der Waals surface area (Å²) >= 11 is 0. The second kappa shape index (κ2) is 9.26. The molecule has 0 unspecified atom stereocenters. The Labute approximate surface area is 138 Å². The van der Waals surface area contributed by atoms with E-state index in [1.165, 1.54) is 0 Å². The summed E-state index contributed by atoms with van der Waals surface area (Å²) in [5, 5.41) is 10.9. The molecular weight excluding hydrogens is 288 g/mol. The third kappa shape index (κ3) is 5.03. The van der Waals surface area contributed by atoms with Gasteiger partial charge in [0.05, 0.1) is 0 Å². The molecule has 0 radical (unpaired) electrons. The molecule has 0 bridgehead atoms. The van der Waals surface area contributed by atoms with Crippen LogP contribution in [0.5, 0.6) is 0 Å². The number of rotatable bonds is 8.